The third kappa shape index (κ3) is 4.24. The van der Waals surface area contributed by atoms with Crippen LogP contribution in [-0.4, -0.2) is 14.5 Å². The van der Waals surface area contributed by atoms with Crippen LogP contribution < -0.4 is 0 Å². The zero-order valence-electron chi connectivity index (χ0n) is 7.94. The molecule has 5 heteroatoms. The lowest BCUT2D eigenvalue weighted by atomic mass is 9.94. The van der Waals surface area contributed by atoms with Crippen molar-refractivity contribution >= 4 is 28.9 Å². The lowest BCUT2D eigenvalue weighted by molar-refractivity contribution is 0.452. The first-order chi connectivity index (χ1) is 5.21. The van der Waals surface area contributed by atoms with Crippen LogP contribution in [0.1, 0.15) is 34.1 Å². The monoisotopic (exact) mass is 228 g/mol. The maximum atomic E-state index is 9.18. The molecule has 1 unspecified atom stereocenters. The Morgan fingerprint density at radius 3 is 2.00 bits per heavy atom. The molecular weight excluding hydrogens is 211 g/mol. The van der Waals surface area contributed by atoms with Gasteiger partial charge in [0.2, 0.25) is 5.69 Å². The summed E-state index contributed by atoms with van der Waals surface area (Å²) >= 11 is 5.75. The van der Waals surface area contributed by atoms with Gasteiger partial charge in [-0.2, -0.15) is 0 Å². The van der Waals surface area contributed by atoms with E-state index in [4.69, 9.17) is 0 Å². The van der Waals surface area contributed by atoms with Crippen molar-refractivity contribution in [3.05, 3.63) is 0 Å². The van der Waals surface area contributed by atoms with Gasteiger partial charge in [-0.25, -0.2) is 0 Å². The number of hydrogen-bond donors (Lipinski definition) is 2. The van der Waals surface area contributed by atoms with E-state index in [1.54, 1.807) is 0 Å². The van der Waals surface area contributed by atoms with Crippen LogP contribution in [0.2, 0.25) is 0 Å². The maximum absolute atomic E-state index is 9.18. The molecule has 74 valence electrons. The highest BCUT2D eigenvalue weighted by molar-refractivity contribution is 8.67. The van der Waals surface area contributed by atoms with Crippen LogP contribution >= 0.6 is 17.1 Å². The van der Waals surface area contributed by atoms with Gasteiger partial charge in [0.05, 0.1) is 0 Å². The average molecular weight is 228 g/mol. The first-order valence-electron chi connectivity index (χ1n) is 3.97. The molecule has 0 rings (SSSR count). The molecule has 0 aromatic rings. The van der Waals surface area contributed by atoms with Crippen molar-refractivity contribution in [2.45, 2.75) is 38.9 Å². The number of rotatable bonds is 4. The highest BCUT2D eigenvalue weighted by Gasteiger charge is 2.32. The van der Waals surface area contributed by atoms with Crippen LogP contribution in [0, 0.1) is 5.92 Å². The van der Waals surface area contributed by atoms with E-state index in [9.17, 15) is 9.79 Å². The summed E-state index contributed by atoms with van der Waals surface area (Å²) in [5, 5.41) is 0. The van der Waals surface area contributed by atoms with Gasteiger partial charge in [0, 0.05) is 4.75 Å². The van der Waals surface area contributed by atoms with Gasteiger partial charge in [-0.15, -0.1) is 0 Å². The molecule has 0 heterocycles. The fraction of sp³-hybridized carbons (Fsp3) is 1.00. The zero-order chi connectivity index (χ0) is 9.99. The van der Waals surface area contributed by atoms with E-state index >= 15 is 0 Å². The van der Waals surface area contributed by atoms with E-state index in [0.29, 0.717) is 5.92 Å². The second-order valence-corrected chi connectivity index (χ2v) is 9.80. The van der Waals surface area contributed by atoms with Crippen LogP contribution in [-0.2, 0) is 11.8 Å². The molecule has 0 fully saturated rings. The molecule has 0 aromatic heterocycles. The maximum Gasteiger partial charge on any atom is 0.242 e. The molecule has 0 saturated heterocycles. The molecule has 0 aliphatic carbocycles. The van der Waals surface area contributed by atoms with Gasteiger partial charge < -0.3 is 9.79 Å². The largest absolute Gasteiger partial charge is 0.338 e. The molecule has 0 aromatic carbocycles. The van der Waals surface area contributed by atoms with Crippen LogP contribution in [0.15, 0.2) is 0 Å². The summed E-state index contributed by atoms with van der Waals surface area (Å²) in [4.78, 5) is 18.4. The second kappa shape index (κ2) is 4.43. The molecule has 12 heavy (non-hydrogen) atoms. The molecule has 0 aliphatic rings. The van der Waals surface area contributed by atoms with Crippen LogP contribution in [0.5, 0.6) is 0 Å². The first kappa shape index (κ1) is 12.9. The van der Waals surface area contributed by atoms with Gasteiger partial charge in [-0.3, -0.25) is 0 Å². The molecule has 0 amide bonds. The van der Waals surface area contributed by atoms with Gasteiger partial charge in [0.15, 0.2) is 0 Å². The summed E-state index contributed by atoms with van der Waals surface area (Å²) < 4.78 is -0.112. The molecule has 0 aliphatic heterocycles. The Hall–Kier alpha value is 0.920. The molecule has 0 saturated carbocycles. The van der Waals surface area contributed by atoms with Crippen LogP contribution in [0.3, 0.4) is 0 Å². The van der Waals surface area contributed by atoms with Crippen LogP contribution in [0.25, 0.3) is 0 Å². The van der Waals surface area contributed by atoms with Crippen molar-refractivity contribution in [3.8, 4) is 0 Å². The summed E-state index contributed by atoms with van der Waals surface area (Å²) in [6, 6.07) is 0. The minimum absolute atomic E-state index is 0.112. The van der Waals surface area contributed by atoms with Gasteiger partial charge in [-0.1, -0.05) is 32.2 Å². The summed E-state index contributed by atoms with van der Waals surface area (Å²) in [5.74, 6) is 0.397. The zero-order valence-corrected chi connectivity index (χ0v) is 10.5. The Kier molecular flexibility index (Phi) is 4.77. The van der Waals surface area contributed by atoms with Gasteiger partial charge in [0.1, 0.15) is 0 Å². The predicted molar refractivity (Wildman–Crippen MR) is 59.8 cm³/mol. The Balaban J connectivity index is 4.46. The summed E-state index contributed by atoms with van der Waals surface area (Å²) in [6.45, 7) is 8.21. The van der Waals surface area contributed by atoms with Crippen molar-refractivity contribution in [1.82, 2.24) is 0 Å². The fourth-order valence-corrected chi connectivity index (χ4v) is 5.92. The smallest absolute Gasteiger partial charge is 0.242 e. The summed E-state index contributed by atoms with van der Waals surface area (Å²) in [7, 11) is 0. The van der Waals surface area contributed by atoms with E-state index in [1.807, 2.05) is 13.8 Å². The topological polar surface area (TPSA) is 40.5 Å². The third-order valence-corrected chi connectivity index (χ3v) is 6.30. The Bertz CT molecular complexity index is 190. The first-order valence-corrected chi connectivity index (χ1v) is 8.10. The predicted octanol–water partition coefficient (Wildman–Crippen LogP) is 2.75. The minimum atomic E-state index is -3.11. The summed E-state index contributed by atoms with van der Waals surface area (Å²) in [6.07, 6.45) is 0.898. The molecule has 0 radical (unpaired) electrons. The van der Waals surface area contributed by atoms with Gasteiger partial charge >= 0.3 is 0 Å². The van der Waals surface area contributed by atoms with Gasteiger partial charge in [0.25, 0.3) is 0 Å². The number of hydrogen-bond acceptors (Lipinski definition) is 2. The van der Waals surface area contributed by atoms with E-state index < -0.39 is 5.69 Å². The minimum Gasteiger partial charge on any atom is -0.338 e. The normalized spacial score (nSPS) is 17.9. The Morgan fingerprint density at radius 2 is 1.92 bits per heavy atom. The lowest BCUT2D eigenvalue weighted by Gasteiger charge is -2.32. The third-order valence-electron chi connectivity index (χ3n) is 2.25. The van der Waals surface area contributed by atoms with E-state index in [-0.39, 0.29) is 4.75 Å². The summed E-state index contributed by atoms with van der Waals surface area (Å²) in [5.41, 5.74) is -3.11. The average Bonchev–Trinajstić information content (AvgIpc) is 1.83. The molecule has 2 nitrogen and oxygen atoms in total. The van der Waals surface area contributed by atoms with Crippen molar-refractivity contribution in [2.24, 2.45) is 5.92 Å². The SMILES string of the molecule is CCC(C)(SP(O)(O)=S)C(C)C. The Morgan fingerprint density at radius 1 is 1.50 bits per heavy atom. The van der Waals surface area contributed by atoms with E-state index in [0.717, 1.165) is 17.8 Å². The molecule has 1 atom stereocenters. The van der Waals surface area contributed by atoms with Crippen molar-refractivity contribution in [3.63, 3.8) is 0 Å². The van der Waals surface area contributed by atoms with Gasteiger partial charge in [-0.05, 0) is 31.1 Å². The van der Waals surface area contributed by atoms with E-state index in [2.05, 4.69) is 25.7 Å². The molecule has 2 N–H and O–H groups in total. The lowest BCUT2D eigenvalue weighted by Crippen LogP contribution is -2.25. The van der Waals surface area contributed by atoms with Crippen molar-refractivity contribution < 1.29 is 9.79 Å². The molecule has 0 spiro atoms. The Labute approximate surface area is 83.7 Å². The molecule has 0 bridgehead atoms. The van der Waals surface area contributed by atoms with Crippen LogP contribution in [0.4, 0.5) is 0 Å². The van der Waals surface area contributed by atoms with Crippen molar-refractivity contribution in [2.75, 3.05) is 0 Å². The van der Waals surface area contributed by atoms with E-state index in [1.165, 1.54) is 0 Å². The second-order valence-electron chi connectivity index (χ2n) is 3.40. The standard InChI is InChI=1S/C7H17O2PS2/c1-5-7(4,6(2)3)12-10(8,9)11/h6H,5H2,1-4H3,(H2,8,9,11). The quantitative estimate of drug-likeness (QED) is 0.726. The highest BCUT2D eigenvalue weighted by atomic mass is 32.9. The highest BCUT2D eigenvalue weighted by Crippen LogP contribution is 2.59. The van der Waals surface area contributed by atoms with Crippen molar-refractivity contribution in [1.29, 1.82) is 0 Å². The fourth-order valence-electron chi connectivity index (χ4n) is 0.850. The molecular formula is C7H17O2PS2.